The fourth-order valence-electron chi connectivity index (χ4n) is 3.50. The first-order valence-electron chi connectivity index (χ1n) is 8.76. The summed E-state index contributed by atoms with van der Waals surface area (Å²) in [7, 11) is 0. The summed E-state index contributed by atoms with van der Waals surface area (Å²) in [6.07, 6.45) is 3.71. The van der Waals surface area contributed by atoms with Gasteiger partial charge >= 0.3 is 0 Å². The Morgan fingerprint density at radius 2 is 2.04 bits per heavy atom. The maximum atomic E-state index is 12.7. The van der Waals surface area contributed by atoms with E-state index in [1.54, 1.807) is 6.20 Å². The Labute approximate surface area is 154 Å². The zero-order valence-corrected chi connectivity index (χ0v) is 14.4. The van der Waals surface area contributed by atoms with Gasteiger partial charge in [-0.3, -0.25) is 14.6 Å². The van der Waals surface area contributed by atoms with Crippen LogP contribution in [0.1, 0.15) is 34.8 Å². The van der Waals surface area contributed by atoms with Crippen molar-refractivity contribution >= 4 is 16.8 Å². The second kappa shape index (κ2) is 6.85. The third kappa shape index (κ3) is 3.41. The van der Waals surface area contributed by atoms with E-state index in [4.69, 9.17) is 0 Å². The maximum absolute atomic E-state index is 12.7. The summed E-state index contributed by atoms with van der Waals surface area (Å²) >= 11 is 0. The van der Waals surface area contributed by atoms with Crippen LogP contribution in [0.5, 0.6) is 5.75 Å². The van der Waals surface area contributed by atoms with Crippen LogP contribution in [0.15, 0.2) is 53.6 Å². The van der Waals surface area contributed by atoms with Crippen LogP contribution in [-0.2, 0) is 0 Å². The molecule has 0 bridgehead atoms. The van der Waals surface area contributed by atoms with E-state index in [-0.39, 0.29) is 29.4 Å². The van der Waals surface area contributed by atoms with Crippen molar-refractivity contribution in [2.75, 3.05) is 0 Å². The number of benzene rings is 1. The number of aromatic hydroxyl groups is 1. The van der Waals surface area contributed by atoms with Gasteiger partial charge in [-0.25, -0.2) is 0 Å². The summed E-state index contributed by atoms with van der Waals surface area (Å²) in [4.78, 5) is 30.8. The van der Waals surface area contributed by atoms with E-state index >= 15 is 0 Å². The van der Waals surface area contributed by atoms with Gasteiger partial charge in [-0.15, -0.1) is 0 Å². The molecular weight excluding hydrogens is 346 g/mol. The Morgan fingerprint density at radius 1 is 1.26 bits per heavy atom. The molecule has 2 aromatic heterocycles. The summed E-state index contributed by atoms with van der Waals surface area (Å²) < 4.78 is 0. The number of amides is 1. The molecule has 138 valence electrons. The first-order chi connectivity index (χ1) is 13.0. The molecule has 4 rings (SSSR count). The highest BCUT2D eigenvalue weighted by Gasteiger charge is 2.36. The molecule has 1 saturated carbocycles. The first kappa shape index (κ1) is 17.2. The molecule has 0 aliphatic heterocycles. The van der Waals surface area contributed by atoms with Gasteiger partial charge in [-0.05, 0) is 36.5 Å². The number of fused-ring (bicyclic) bond motifs is 1. The summed E-state index contributed by atoms with van der Waals surface area (Å²) in [5.74, 6) is -0.805. The van der Waals surface area contributed by atoms with Gasteiger partial charge in [0.25, 0.3) is 11.5 Å². The fraction of sp³-hybridized carbons (Fsp3) is 0.250. The average molecular weight is 365 g/mol. The number of rotatable bonds is 4. The number of para-hydroxylation sites is 1. The number of H-pyrrole nitrogens is 1. The molecule has 1 fully saturated rings. The Morgan fingerprint density at radius 3 is 2.78 bits per heavy atom. The summed E-state index contributed by atoms with van der Waals surface area (Å²) in [5, 5.41) is 23.5. The van der Waals surface area contributed by atoms with Gasteiger partial charge in [0, 0.05) is 23.8 Å². The SMILES string of the molecule is O=C(N[C@H](c1cnc2ccccc2c1)C1CC(O)C1)c1c[nH]c(=O)cc1O. The molecule has 1 aliphatic carbocycles. The van der Waals surface area contributed by atoms with Crippen LogP contribution < -0.4 is 10.9 Å². The molecule has 7 heteroatoms. The Bertz CT molecular complexity index is 1060. The van der Waals surface area contributed by atoms with Gasteiger partial charge in [0.05, 0.1) is 23.2 Å². The van der Waals surface area contributed by atoms with Gasteiger partial charge in [0.1, 0.15) is 5.75 Å². The highest BCUT2D eigenvalue weighted by atomic mass is 16.3. The van der Waals surface area contributed by atoms with Crippen LogP contribution >= 0.6 is 0 Å². The molecule has 1 aliphatic rings. The van der Waals surface area contributed by atoms with Crippen LogP contribution in [0.4, 0.5) is 0 Å². The van der Waals surface area contributed by atoms with E-state index in [2.05, 4.69) is 15.3 Å². The molecule has 1 atom stereocenters. The zero-order chi connectivity index (χ0) is 19.0. The van der Waals surface area contributed by atoms with Crippen LogP contribution in [0.25, 0.3) is 10.9 Å². The lowest BCUT2D eigenvalue weighted by Gasteiger charge is -2.38. The predicted molar refractivity (Wildman–Crippen MR) is 99.4 cm³/mol. The van der Waals surface area contributed by atoms with Crippen molar-refractivity contribution in [1.82, 2.24) is 15.3 Å². The van der Waals surface area contributed by atoms with E-state index in [1.165, 1.54) is 6.20 Å². The van der Waals surface area contributed by atoms with E-state index in [9.17, 15) is 19.8 Å². The molecule has 27 heavy (non-hydrogen) atoms. The van der Waals surface area contributed by atoms with Gasteiger partial charge < -0.3 is 20.5 Å². The largest absolute Gasteiger partial charge is 0.507 e. The van der Waals surface area contributed by atoms with E-state index in [0.29, 0.717) is 12.8 Å². The lowest BCUT2D eigenvalue weighted by molar-refractivity contribution is 0.0234. The average Bonchev–Trinajstić information content (AvgIpc) is 2.63. The quantitative estimate of drug-likeness (QED) is 0.563. The van der Waals surface area contributed by atoms with Crippen molar-refractivity contribution in [3.05, 3.63) is 70.3 Å². The standard InChI is InChI=1S/C20H19N3O4/c24-14-6-12(7-14)19(13-5-11-3-1-2-4-16(11)21-9-13)23-20(27)15-10-22-18(26)8-17(15)25/h1-5,8-10,12,14,19,24H,6-7H2,(H,23,27)(H2,22,25,26)/t12?,14?,19-/m0/s1. The lowest BCUT2D eigenvalue weighted by atomic mass is 9.75. The topological polar surface area (TPSA) is 115 Å². The number of hydrogen-bond donors (Lipinski definition) is 4. The molecule has 0 unspecified atom stereocenters. The van der Waals surface area contributed by atoms with Gasteiger partial charge in [-0.1, -0.05) is 18.2 Å². The molecule has 7 nitrogen and oxygen atoms in total. The van der Waals surface area contributed by atoms with Crippen molar-refractivity contribution < 1.29 is 15.0 Å². The van der Waals surface area contributed by atoms with Gasteiger partial charge in [0.15, 0.2) is 0 Å². The number of aliphatic hydroxyl groups is 1. The predicted octanol–water partition coefficient (Wildman–Crippen LogP) is 1.87. The monoisotopic (exact) mass is 365 g/mol. The fourth-order valence-corrected chi connectivity index (χ4v) is 3.50. The smallest absolute Gasteiger partial charge is 0.257 e. The number of aliphatic hydroxyl groups excluding tert-OH is 1. The van der Waals surface area contributed by atoms with E-state index in [0.717, 1.165) is 22.5 Å². The van der Waals surface area contributed by atoms with Gasteiger partial charge in [0.2, 0.25) is 0 Å². The minimum atomic E-state index is -0.497. The second-order valence-electron chi connectivity index (χ2n) is 6.89. The summed E-state index contributed by atoms with van der Waals surface area (Å²) in [6.45, 7) is 0. The van der Waals surface area contributed by atoms with E-state index in [1.807, 2.05) is 30.3 Å². The molecule has 2 heterocycles. The highest BCUT2D eigenvalue weighted by molar-refractivity contribution is 5.96. The Kier molecular flexibility index (Phi) is 4.37. The molecule has 1 aromatic carbocycles. The number of nitrogens with zero attached hydrogens (tertiary/aromatic N) is 1. The van der Waals surface area contributed by atoms with Crippen LogP contribution in [0.3, 0.4) is 0 Å². The number of nitrogens with one attached hydrogen (secondary N) is 2. The number of aromatic nitrogens is 2. The molecular formula is C20H19N3O4. The van der Waals surface area contributed by atoms with Crippen LogP contribution in [0, 0.1) is 5.92 Å². The molecule has 1 amide bonds. The summed E-state index contributed by atoms with van der Waals surface area (Å²) in [6, 6.07) is 10.3. The Hall–Kier alpha value is -3.19. The zero-order valence-electron chi connectivity index (χ0n) is 14.4. The van der Waals surface area contributed by atoms with Crippen LogP contribution in [0.2, 0.25) is 0 Å². The van der Waals surface area contributed by atoms with E-state index < -0.39 is 11.5 Å². The molecule has 4 N–H and O–H groups in total. The third-order valence-electron chi connectivity index (χ3n) is 5.03. The number of aromatic amines is 1. The molecule has 3 aromatic rings. The molecule has 0 saturated heterocycles. The second-order valence-corrected chi connectivity index (χ2v) is 6.89. The Balaban J connectivity index is 1.66. The van der Waals surface area contributed by atoms with Crippen molar-refractivity contribution in [2.24, 2.45) is 5.92 Å². The highest BCUT2D eigenvalue weighted by Crippen LogP contribution is 2.38. The number of pyridine rings is 2. The first-order valence-corrected chi connectivity index (χ1v) is 8.76. The van der Waals surface area contributed by atoms with Crippen molar-refractivity contribution in [1.29, 1.82) is 0 Å². The van der Waals surface area contributed by atoms with Crippen LogP contribution in [-0.4, -0.2) is 32.2 Å². The normalized spacial score (nSPS) is 20.0. The molecule has 0 spiro atoms. The maximum Gasteiger partial charge on any atom is 0.257 e. The van der Waals surface area contributed by atoms with Crippen molar-refractivity contribution in [2.45, 2.75) is 25.0 Å². The minimum Gasteiger partial charge on any atom is -0.507 e. The number of hydrogen-bond acceptors (Lipinski definition) is 5. The summed E-state index contributed by atoms with van der Waals surface area (Å²) in [5.41, 5.74) is 1.20. The van der Waals surface area contributed by atoms with Crippen molar-refractivity contribution in [3.8, 4) is 5.75 Å². The number of carbonyl (C=O) groups is 1. The third-order valence-corrected chi connectivity index (χ3v) is 5.03. The minimum absolute atomic E-state index is 0.00628. The van der Waals surface area contributed by atoms with Gasteiger partial charge in [-0.2, -0.15) is 0 Å². The lowest BCUT2D eigenvalue weighted by Crippen LogP contribution is -2.41. The van der Waals surface area contributed by atoms with Crippen molar-refractivity contribution in [3.63, 3.8) is 0 Å². The molecule has 0 radical (unpaired) electrons. The number of carbonyl (C=O) groups excluding carboxylic acids is 1.